The van der Waals surface area contributed by atoms with E-state index in [2.05, 4.69) is 22.2 Å². The summed E-state index contributed by atoms with van der Waals surface area (Å²) in [5.74, 6) is 1.85. The summed E-state index contributed by atoms with van der Waals surface area (Å²) in [6, 6.07) is 0. The highest BCUT2D eigenvalue weighted by atomic mass is 15.1. The van der Waals surface area contributed by atoms with Crippen LogP contribution in [0.1, 0.15) is 44.1 Å². The van der Waals surface area contributed by atoms with Gasteiger partial charge in [-0.05, 0) is 36.8 Å². The topological polar surface area (TPSA) is 63.8 Å². The summed E-state index contributed by atoms with van der Waals surface area (Å²) in [5, 5.41) is 3.21. The summed E-state index contributed by atoms with van der Waals surface area (Å²) in [4.78, 5) is 8.73. The normalized spacial score (nSPS) is 18.2. The van der Waals surface area contributed by atoms with Crippen molar-refractivity contribution in [2.24, 2.45) is 11.7 Å². The van der Waals surface area contributed by atoms with Crippen molar-refractivity contribution in [2.75, 3.05) is 18.4 Å². The lowest BCUT2D eigenvalue weighted by Crippen LogP contribution is -2.20. The molecule has 1 atom stereocenters. The van der Waals surface area contributed by atoms with Gasteiger partial charge in [-0.2, -0.15) is 0 Å². The lowest BCUT2D eigenvalue weighted by molar-refractivity contribution is 0.625. The summed E-state index contributed by atoms with van der Waals surface area (Å²) in [7, 11) is 0. The summed E-state index contributed by atoms with van der Waals surface area (Å²) in [6.45, 7) is 3.63. The standard InChI is InChI=1S/C13H22N4/c1-10(6-14)7-15-13-16-8-12(9-17-13)11-4-2-3-5-11/h8-11H,2-7,14H2,1H3,(H,15,16,17). The smallest absolute Gasteiger partial charge is 0.222 e. The molecule has 1 aliphatic rings. The number of hydrogen-bond donors (Lipinski definition) is 2. The van der Waals surface area contributed by atoms with Crippen LogP contribution in [0.4, 0.5) is 5.95 Å². The van der Waals surface area contributed by atoms with E-state index in [0.29, 0.717) is 24.3 Å². The molecule has 0 spiro atoms. The number of hydrogen-bond acceptors (Lipinski definition) is 4. The molecular formula is C13H22N4. The highest BCUT2D eigenvalue weighted by Crippen LogP contribution is 2.33. The largest absolute Gasteiger partial charge is 0.354 e. The minimum absolute atomic E-state index is 0.452. The molecule has 1 aliphatic carbocycles. The van der Waals surface area contributed by atoms with Crippen LogP contribution < -0.4 is 11.1 Å². The highest BCUT2D eigenvalue weighted by molar-refractivity contribution is 5.26. The fraction of sp³-hybridized carbons (Fsp3) is 0.692. The molecule has 4 nitrogen and oxygen atoms in total. The van der Waals surface area contributed by atoms with Gasteiger partial charge < -0.3 is 11.1 Å². The van der Waals surface area contributed by atoms with Crippen molar-refractivity contribution in [1.29, 1.82) is 0 Å². The first-order valence-electron chi connectivity index (χ1n) is 6.55. The van der Waals surface area contributed by atoms with Crippen LogP contribution >= 0.6 is 0 Å². The van der Waals surface area contributed by atoms with Crippen molar-refractivity contribution < 1.29 is 0 Å². The highest BCUT2D eigenvalue weighted by Gasteiger charge is 2.17. The van der Waals surface area contributed by atoms with E-state index >= 15 is 0 Å². The molecule has 4 heteroatoms. The third kappa shape index (κ3) is 3.40. The molecule has 1 heterocycles. The van der Waals surface area contributed by atoms with Gasteiger partial charge in [-0.15, -0.1) is 0 Å². The monoisotopic (exact) mass is 234 g/mol. The molecule has 0 aromatic carbocycles. The fourth-order valence-corrected chi connectivity index (χ4v) is 2.25. The third-order valence-electron chi connectivity index (χ3n) is 3.51. The van der Waals surface area contributed by atoms with Gasteiger partial charge in [-0.25, -0.2) is 9.97 Å². The van der Waals surface area contributed by atoms with Crippen LogP contribution in [0, 0.1) is 5.92 Å². The van der Waals surface area contributed by atoms with Gasteiger partial charge >= 0.3 is 0 Å². The summed E-state index contributed by atoms with van der Waals surface area (Å²) < 4.78 is 0. The van der Waals surface area contributed by atoms with Crippen molar-refractivity contribution in [2.45, 2.75) is 38.5 Å². The molecule has 2 rings (SSSR count). The molecule has 0 saturated heterocycles. The van der Waals surface area contributed by atoms with Crippen LogP contribution in [-0.2, 0) is 0 Å². The molecule has 3 N–H and O–H groups in total. The number of nitrogens with zero attached hydrogens (tertiary/aromatic N) is 2. The van der Waals surface area contributed by atoms with Gasteiger partial charge in [0.2, 0.25) is 5.95 Å². The number of anilines is 1. The lowest BCUT2D eigenvalue weighted by Gasteiger charge is -2.11. The second kappa shape index (κ2) is 5.96. The summed E-state index contributed by atoms with van der Waals surface area (Å²) in [6.07, 6.45) is 9.22. The molecule has 17 heavy (non-hydrogen) atoms. The Balaban J connectivity index is 1.88. The lowest BCUT2D eigenvalue weighted by atomic mass is 10.0. The Morgan fingerprint density at radius 3 is 2.59 bits per heavy atom. The van der Waals surface area contributed by atoms with E-state index in [1.807, 2.05) is 12.4 Å². The quantitative estimate of drug-likeness (QED) is 0.819. The van der Waals surface area contributed by atoms with E-state index in [9.17, 15) is 0 Å². The maximum Gasteiger partial charge on any atom is 0.222 e. The Bertz CT molecular complexity index is 330. The van der Waals surface area contributed by atoms with Crippen molar-refractivity contribution in [3.63, 3.8) is 0 Å². The van der Waals surface area contributed by atoms with Gasteiger partial charge in [0, 0.05) is 18.9 Å². The Kier molecular flexibility index (Phi) is 4.31. The molecule has 1 fully saturated rings. The molecule has 0 radical (unpaired) electrons. The SMILES string of the molecule is CC(CN)CNc1ncc(C2CCCC2)cn1. The van der Waals surface area contributed by atoms with Crippen LogP contribution in [0.3, 0.4) is 0 Å². The number of nitrogens with two attached hydrogens (primary N) is 1. The van der Waals surface area contributed by atoms with Crippen LogP contribution in [0.15, 0.2) is 12.4 Å². The Labute approximate surface area is 103 Å². The molecule has 94 valence electrons. The van der Waals surface area contributed by atoms with Crippen molar-refractivity contribution in [3.05, 3.63) is 18.0 Å². The zero-order valence-electron chi connectivity index (χ0n) is 10.5. The predicted molar refractivity (Wildman–Crippen MR) is 69.9 cm³/mol. The molecule has 1 unspecified atom stereocenters. The minimum atomic E-state index is 0.452. The zero-order valence-corrected chi connectivity index (χ0v) is 10.5. The second-order valence-corrected chi connectivity index (χ2v) is 5.04. The average molecular weight is 234 g/mol. The molecular weight excluding hydrogens is 212 g/mol. The van der Waals surface area contributed by atoms with Gasteiger partial charge in [0.25, 0.3) is 0 Å². The van der Waals surface area contributed by atoms with E-state index in [1.165, 1.54) is 31.2 Å². The zero-order chi connectivity index (χ0) is 12.1. The predicted octanol–water partition coefficient (Wildman–Crippen LogP) is 2.14. The van der Waals surface area contributed by atoms with E-state index < -0.39 is 0 Å². The van der Waals surface area contributed by atoms with Crippen LogP contribution in [-0.4, -0.2) is 23.1 Å². The Morgan fingerprint density at radius 2 is 2.00 bits per heavy atom. The molecule has 1 aromatic heterocycles. The molecule has 1 aromatic rings. The summed E-state index contributed by atoms with van der Waals surface area (Å²) in [5.41, 5.74) is 6.85. The van der Waals surface area contributed by atoms with Crippen molar-refractivity contribution in [3.8, 4) is 0 Å². The van der Waals surface area contributed by atoms with E-state index in [0.717, 1.165) is 6.54 Å². The van der Waals surface area contributed by atoms with Gasteiger partial charge in [0.1, 0.15) is 0 Å². The molecule has 0 bridgehead atoms. The Morgan fingerprint density at radius 1 is 1.35 bits per heavy atom. The van der Waals surface area contributed by atoms with E-state index in [-0.39, 0.29) is 0 Å². The Hall–Kier alpha value is -1.16. The number of rotatable bonds is 5. The fourth-order valence-electron chi connectivity index (χ4n) is 2.25. The maximum atomic E-state index is 5.56. The first-order chi connectivity index (χ1) is 8.29. The minimum Gasteiger partial charge on any atom is -0.354 e. The van der Waals surface area contributed by atoms with Crippen LogP contribution in [0.25, 0.3) is 0 Å². The van der Waals surface area contributed by atoms with Crippen LogP contribution in [0.2, 0.25) is 0 Å². The van der Waals surface area contributed by atoms with Crippen molar-refractivity contribution >= 4 is 5.95 Å². The molecule has 0 aliphatic heterocycles. The van der Waals surface area contributed by atoms with Gasteiger partial charge in [-0.3, -0.25) is 0 Å². The van der Waals surface area contributed by atoms with Gasteiger partial charge in [0.05, 0.1) is 0 Å². The van der Waals surface area contributed by atoms with Gasteiger partial charge in [-0.1, -0.05) is 19.8 Å². The van der Waals surface area contributed by atoms with Crippen LogP contribution in [0.5, 0.6) is 0 Å². The first kappa shape index (κ1) is 12.3. The maximum absolute atomic E-state index is 5.56. The summed E-state index contributed by atoms with van der Waals surface area (Å²) >= 11 is 0. The second-order valence-electron chi connectivity index (χ2n) is 5.04. The average Bonchev–Trinajstić information content (AvgIpc) is 2.90. The van der Waals surface area contributed by atoms with E-state index in [1.54, 1.807) is 0 Å². The number of aromatic nitrogens is 2. The number of nitrogens with one attached hydrogen (secondary N) is 1. The van der Waals surface area contributed by atoms with E-state index in [4.69, 9.17) is 5.73 Å². The van der Waals surface area contributed by atoms with Crippen molar-refractivity contribution in [1.82, 2.24) is 9.97 Å². The van der Waals surface area contributed by atoms with Gasteiger partial charge in [0.15, 0.2) is 0 Å². The first-order valence-corrected chi connectivity index (χ1v) is 6.55. The molecule has 0 amide bonds. The molecule has 1 saturated carbocycles. The third-order valence-corrected chi connectivity index (χ3v) is 3.51.